The summed E-state index contributed by atoms with van der Waals surface area (Å²) >= 11 is 0. The van der Waals surface area contributed by atoms with Gasteiger partial charge in [0.15, 0.2) is 0 Å². The Hall–Kier alpha value is -5.14. The molecule has 1 heterocycles. The molecule has 0 atom stereocenters. The molecule has 1 heteroatoms. The number of furan rings is 1. The van der Waals surface area contributed by atoms with E-state index < -0.39 is 6.04 Å². The SMILES string of the molecule is [2H]c1c([2H])c([2H])c(-c2c3ccccc3c(-c3cc(-c4ccccc4)cc4oc5ccccc5c34)c3ccccc23)c([2H])c1[2H]. The molecule has 8 aromatic rings. The second kappa shape index (κ2) is 8.72. The average Bonchev–Trinajstić information content (AvgIpc) is 3.45. The third-order valence-corrected chi connectivity index (χ3v) is 7.54. The van der Waals surface area contributed by atoms with Crippen LogP contribution in [0.4, 0.5) is 0 Å². The third kappa shape index (κ3) is 3.41. The minimum absolute atomic E-state index is 0.201. The smallest absolute Gasteiger partial charge is 0.136 e. The lowest BCUT2D eigenvalue weighted by Gasteiger charge is -2.19. The lowest BCUT2D eigenvalue weighted by Crippen LogP contribution is -1.92. The third-order valence-electron chi connectivity index (χ3n) is 7.54. The summed E-state index contributed by atoms with van der Waals surface area (Å²) in [5, 5.41) is 5.48. The highest BCUT2D eigenvalue weighted by molar-refractivity contribution is 6.26. The van der Waals surface area contributed by atoms with Crippen LogP contribution in [-0.4, -0.2) is 0 Å². The summed E-state index contributed by atoms with van der Waals surface area (Å²) in [6.07, 6.45) is 0. The first-order chi connectivity index (χ1) is 21.4. The largest absolute Gasteiger partial charge is 0.456 e. The van der Waals surface area contributed by atoms with Crippen molar-refractivity contribution in [3.05, 3.63) is 145 Å². The highest BCUT2D eigenvalue weighted by atomic mass is 16.3. The number of hydrogen-bond donors (Lipinski definition) is 0. The molecule has 1 aromatic heterocycles. The van der Waals surface area contributed by atoms with E-state index in [1.165, 1.54) is 0 Å². The number of para-hydroxylation sites is 1. The molecule has 0 N–H and O–H groups in total. The molecule has 0 fully saturated rings. The molecular formula is C38H24O. The maximum Gasteiger partial charge on any atom is 0.136 e. The molecule has 0 amide bonds. The zero-order valence-electron chi connectivity index (χ0n) is 25.9. The van der Waals surface area contributed by atoms with E-state index >= 15 is 0 Å². The summed E-state index contributed by atoms with van der Waals surface area (Å²) in [5.41, 5.74) is 6.52. The first kappa shape index (κ1) is 17.4. The number of hydrogen-bond acceptors (Lipinski definition) is 1. The molecule has 0 radical (unpaired) electrons. The fourth-order valence-electron chi connectivity index (χ4n) is 5.91. The summed E-state index contributed by atoms with van der Waals surface area (Å²) in [5.74, 6) is 0. The lowest BCUT2D eigenvalue weighted by molar-refractivity contribution is 0.669. The van der Waals surface area contributed by atoms with Gasteiger partial charge in [0.25, 0.3) is 0 Å². The van der Waals surface area contributed by atoms with E-state index in [-0.39, 0.29) is 29.7 Å². The number of fused-ring (bicyclic) bond motifs is 5. The topological polar surface area (TPSA) is 13.1 Å². The Bertz CT molecular complexity index is 2360. The molecular weight excluding hydrogens is 472 g/mol. The van der Waals surface area contributed by atoms with Crippen molar-refractivity contribution >= 4 is 43.5 Å². The van der Waals surface area contributed by atoms with Crippen molar-refractivity contribution in [2.45, 2.75) is 0 Å². The summed E-state index contributed by atoms with van der Waals surface area (Å²) in [6, 6.07) is 37.0. The summed E-state index contributed by atoms with van der Waals surface area (Å²) < 4.78 is 49.2. The second-order valence-electron chi connectivity index (χ2n) is 9.70. The molecule has 0 aliphatic heterocycles. The van der Waals surface area contributed by atoms with Crippen LogP contribution in [0, 0.1) is 0 Å². The van der Waals surface area contributed by atoms with Crippen molar-refractivity contribution < 1.29 is 11.3 Å². The van der Waals surface area contributed by atoms with Gasteiger partial charge in [-0.15, -0.1) is 0 Å². The van der Waals surface area contributed by atoms with Crippen LogP contribution < -0.4 is 0 Å². The molecule has 8 rings (SSSR count). The standard InChI is InChI=1S/C38H24O/c1-3-13-25(14-4-1)27-23-33(38-32-21-11-12-22-34(32)39-35(38)24-27)37-30-19-9-7-17-28(30)36(26-15-5-2-6-16-26)29-18-8-10-20-31(29)37/h1-24H/i2D,5D,6D,15D,16D. The van der Waals surface area contributed by atoms with Gasteiger partial charge in [0.05, 0.1) is 6.85 Å². The number of benzene rings is 7. The highest BCUT2D eigenvalue weighted by Crippen LogP contribution is 2.47. The van der Waals surface area contributed by atoms with Crippen LogP contribution in [0.15, 0.2) is 150 Å². The van der Waals surface area contributed by atoms with Crippen LogP contribution in [-0.2, 0) is 0 Å². The Balaban J connectivity index is 1.59. The van der Waals surface area contributed by atoms with Crippen molar-refractivity contribution in [2.24, 2.45) is 0 Å². The fourth-order valence-corrected chi connectivity index (χ4v) is 5.91. The van der Waals surface area contributed by atoms with Crippen LogP contribution in [0.2, 0.25) is 0 Å². The monoisotopic (exact) mass is 501 g/mol. The van der Waals surface area contributed by atoms with Crippen LogP contribution >= 0.6 is 0 Å². The van der Waals surface area contributed by atoms with Gasteiger partial charge in [-0.2, -0.15) is 0 Å². The molecule has 0 bridgehead atoms. The van der Waals surface area contributed by atoms with Gasteiger partial charge in [-0.3, -0.25) is 0 Å². The maximum absolute atomic E-state index is 8.86. The number of rotatable bonds is 3. The molecule has 0 aliphatic carbocycles. The van der Waals surface area contributed by atoms with E-state index in [0.717, 1.165) is 65.7 Å². The Labute approximate surface area is 233 Å². The van der Waals surface area contributed by atoms with Crippen LogP contribution in [0.25, 0.3) is 76.9 Å². The second-order valence-corrected chi connectivity index (χ2v) is 9.70. The van der Waals surface area contributed by atoms with Crippen LogP contribution in [0.3, 0.4) is 0 Å². The Kier molecular flexibility index (Phi) is 3.89. The van der Waals surface area contributed by atoms with Gasteiger partial charge in [0, 0.05) is 10.8 Å². The van der Waals surface area contributed by atoms with Crippen molar-refractivity contribution in [3.8, 4) is 33.4 Å². The molecule has 0 saturated heterocycles. The van der Waals surface area contributed by atoms with Gasteiger partial charge in [-0.05, 0) is 73.1 Å². The minimum atomic E-state index is -0.402. The molecule has 0 saturated carbocycles. The zero-order chi connectivity index (χ0) is 30.1. The van der Waals surface area contributed by atoms with Crippen molar-refractivity contribution in [2.75, 3.05) is 0 Å². The normalized spacial score (nSPS) is 13.4. The van der Waals surface area contributed by atoms with E-state index in [2.05, 4.69) is 42.5 Å². The Morgan fingerprint density at radius 3 is 1.67 bits per heavy atom. The summed E-state index contributed by atoms with van der Waals surface area (Å²) in [6.45, 7) is 0. The molecule has 7 aromatic carbocycles. The van der Waals surface area contributed by atoms with E-state index in [9.17, 15) is 0 Å². The van der Waals surface area contributed by atoms with Gasteiger partial charge in [0.2, 0.25) is 0 Å². The van der Waals surface area contributed by atoms with E-state index in [0.29, 0.717) is 5.56 Å². The van der Waals surface area contributed by atoms with E-state index in [4.69, 9.17) is 11.3 Å². The zero-order valence-corrected chi connectivity index (χ0v) is 20.9. The van der Waals surface area contributed by atoms with Gasteiger partial charge >= 0.3 is 0 Å². The van der Waals surface area contributed by atoms with E-state index in [1.54, 1.807) is 0 Å². The van der Waals surface area contributed by atoms with Gasteiger partial charge in [-0.1, -0.05) is 127 Å². The Morgan fingerprint density at radius 1 is 0.436 bits per heavy atom. The highest BCUT2D eigenvalue weighted by Gasteiger charge is 2.21. The fraction of sp³-hybridized carbons (Fsp3) is 0. The van der Waals surface area contributed by atoms with Crippen LogP contribution in [0.5, 0.6) is 0 Å². The quantitative estimate of drug-likeness (QED) is 0.219. The van der Waals surface area contributed by atoms with Crippen LogP contribution in [0.1, 0.15) is 6.85 Å². The van der Waals surface area contributed by atoms with Crippen molar-refractivity contribution in [3.63, 3.8) is 0 Å². The molecule has 1 nitrogen and oxygen atoms in total. The predicted octanol–water partition coefficient (Wildman–Crippen LogP) is 10.9. The first-order valence-electron chi connectivity index (χ1n) is 15.5. The molecule has 0 aliphatic rings. The summed E-state index contributed by atoms with van der Waals surface area (Å²) in [4.78, 5) is 0. The van der Waals surface area contributed by atoms with E-state index in [1.807, 2.05) is 72.8 Å². The average molecular weight is 502 g/mol. The maximum atomic E-state index is 8.86. The minimum Gasteiger partial charge on any atom is -0.456 e. The van der Waals surface area contributed by atoms with Gasteiger partial charge in [-0.25, -0.2) is 0 Å². The molecule has 0 unspecified atom stereocenters. The molecule has 182 valence electrons. The van der Waals surface area contributed by atoms with Crippen molar-refractivity contribution in [1.82, 2.24) is 0 Å². The van der Waals surface area contributed by atoms with Crippen molar-refractivity contribution in [1.29, 1.82) is 0 Å². The molecule has 0 spiro atoms. The molecule has 39 heavy (non-hydrogen) atoms. The summed E-state index contributed by atoms with van der Waals surface area (Å²) in [7, 11) is 0. The van der Waals surface area contributed by atoms with Gasteiger partial charge in [0.1, 0.15) is 11.2 Å². The first-order valence-corrected chi connectivity index (χ1v) is 13.0. The predicted molar refractivity (Wildman–Crippen MR) is 165 cm³/mol. The Morgan fingerprint density at radius 2 is 1.00 bits per heavy atom. The van der Waals surface area contributed by atoms with Gasteiger partial charge < -0.3 is 4.42 Å². The lowest BCUT2D eigenvalue weighted by atomic mass is 9.84.